The van der Waals surface area contributed by atoms with Crippen LogP contribution in [-0.2, 0) is 0 Å². The minimum atomic E-state index is 0.267. The van der Waals surface area contributed by atoms with Crippen LogP contribution in [0.2, 0.25) is 0 Å². The second-order valence-corrected chi connectivity index (χ2v) is 5.00. The average Bonchev–Trinajstić information content (AvgIpc) is 2.15. The van der Waals surface area contributed by atoms with Gasteiger partial charge in [0.25, 0.3) is 0 Å². The fourth-order valence-electron chi connectivity index (χ4n) is 1.24. The van der Waals surface area contributed by atoms with E-state index in [4.69, 9.17) is 0 Å². The van der Waals surface area contributed by atoms with Crippen molar-refractivity contribution in [2.24, 2.45) is 5.92 Å². The van der Waals surface area contributed by atoms with Gasteiger partial charge in [-0.2, -0.15) is 0 Å². The van der Waals surface area contributed by atoms with Crippen molar-refractivity contribution < 1.29 is 4.79 Å². The van der Waals surface area contributed by atoms with Crippen LogP contribution in [0.25, 0.3) is 0 Å². The first-order valence-electron chi connectivity index (χ1n) is 4.89. The smallest absolute Gasteiger partial charge is 0.163 e. The van der Waals surface area contributed by atoms with E-state index in [2.05, 4.69) is 36.4 Å². The van der Waals surface area contributed by atoms with Gasteiger partial charge in [-0.1, -0.05) is 32.0 Å². The summed E-state index contributed by atoms with van der Waals surface area (Å²) in [7, 11) is 0. The Hall–Kier alpha value is -0.380. The predicted octanol–water partition coefficient (Wildman–Crippen LogP) is 3.91. The fraction of sp³-hybridized carbons (Fsp3) is 0.417. The van der Waals surface area contributed by atoms with Gasteiger partial charge in [0.2, 0.25) is 0 Å². The summed E-state index contributed by atoms with van der Waals surface area (Å²) in [5.41, 5.74) is 0.869. The number of hydrogen-bond donors (Lipinski definition) is 0. The lowest BCUT2D eigenvalue weighted by molar-refractivity contribution is 0.0974. The van der Waals surface area contributed by atoms with Crippen LogP contribution < -0.4 is 0 Å². The van der Waals surface area contributed by atoms with Crippen molar-refractivity contribution in [2.45, 2.75) is 26.7 Å². The summed E-state index contributed by atoms with van der Waals surface area (Å²) in [5.74, 6) is 0.865. The van der Waals surface area contributed by atoms with Crippen molar-refractivity contribution in [2.75, 3.05) is 0 Å². The Labute approximate surface area is 99.0 Å². The molecule has 0 N–H and O–H groups in total. The van der Waals surface area contributed by atoms with Gasteiger partial charge in [-0.25, -0.2) is 0 Å². The molecule has 0 bridgehead atoms. The molecule has 0 aliphatic rings. The highest BCUT2D eigenvalue weighted by atomic mass is 127. The molecule has 1 nitrogen and oxygen atoms in total. The van der Waals surface area contributed by atoms with E-state index in [1.54, 1.807) is 0 Å². The molecule has 0 aliphatic carbocycles. The van der Waals surface area contributed by atoms with E-state index in [0.29, 0.717) is 12.3 Å². The highest BCUT2D eigenvalue weighted by Crippen LogP contribution is 2.15. The molecule has 2 heteroatoms. The van der Waals surface area contributed by atoms with E-state index in [9.17, 15) is 4.79 Å². The summed E-state index contributed by atoms with van der Waals surface area (Å²) in [6.07, 6.45) is 1.64. The van der Waals surface area contributed by atoms with Crippen molar-refractivity contribution >= 4 is 28.4 Å². The van der Waals surface area contributed by atoms with E-state index in [1.807, 2.05) is 24.3 Å². The molecule has 1 rings (SSSR count). The number of carbonyl (C=O) groups is 1. The zero-order valence-electron chi connectivity index (χ0n) is 8.59. The van der Waals surface area contributed by atoms with Crippen LogP contribution in [0, 0.1) is 9.49 Å². The summed E-state index contributed by atoms with van der Waals surface area (Å²) in [5, 5.41) is 0. The lowest BCUT2D eigenvalue weighted by Gasteiger charge is -2.05. The van der Waals surface area contributed by atoms with Crippen molar-refractivity contribution in [3.63, 3.8) is 0 Å². The molecule has 0 aliphatic heterocycles. The number of hydrogen-bond acceptors (Lipinski definition) is 1. The number of rotatable bonds is 4. The first-order valence-corrected chi connectivity index (χ1v) is 5.97. The topological polar surface area (TPSA) is 17.1 Å². The summed E-state index contributed by atoms with van der Waals surface area (Å²) in [6.45, 7) is 4.28. The summed E-state index contributed by atoms with van der Waals surface area (Å²) in [6, 6.07) is 7.76. The second-order valence-electron chi connectivity index (χ2n) is 3.84. The maximum absolute atomic E-state index is 11.8. The van der Waals surface area contributed by atoms with Crippen LogP contribution >= 0.6 is 22.6 Å². The number of Topliss-reactive ketones (excluding diaryl/α,β-unsaturated/α-hetero) is 1. The molecular formula is C12H15IO. The number of benzene rings is 1. The maximum atomic E-state index is 11.8. The lowest BCUT2D eigenvalue weighted by Crippen LogP contribution is -2.03. The van der Waals surface area contributed by atoms with Crippen LogP contribution in [0.4, 0.5) is 0 Å². The molecule has 0 atom stereocenters. The molecule has 0 radical (unpaired) electrons. The van der Waals surface area contributed by atoms with E-state index in [-0.39, 0.29) is 5.78 Å². The largest absolute Gasteiger partial charge is 0.294 e. The Kier molecular flexibility index (Phi) is 4.58. The number of ketones is 1. The highest BCUT2D eigenvalue weighted by Gasteiger charge is 2.09. The SMILES string of the molecule is CC(C)CCC(=O)c1ccccc1I. The standard InChI is InChI=1S/C12H15IO/c1-9(2)7-8-12(14)10-5-3-4-6-11(10)13/h3-6,9H,7-8H2,1-2H3. The molecule has 0 aromatic heterocycles. The maximum Gasteiger partial charge on any atom is 0.163 e. The highest BCUT2D eigenvalue weighted by molar-refractivity contribution is 14.1. The third-order valence-corrected chi connectivity index (χ3v) is 3.06. The van der Waals surface area contributed by atoms with Gasteiger partial charge in [-0.3, -0.25) is 4.79 Å². The number of halogens is 1. The second kappa shape index (κ2) is 5.49. The quantitative estimate of drug-likeness (QED) is 0.609. The molecule has 1 aromatic carbocycles. The van der Waals surface area contributed by atoms with E-state index < -0.39 is 0 Å². The molecule has 0 spiro atoms. The van der Waals surface area contributed by atoms with Crippen molar-refractivity contribution in [1.82, 2.24) is 0 Å². The molecule has 0 amide bonds. The molecule has 0 fully saturated rings. The molecule has 0 heterocycles. The van der Waals surface area contributed by atoms with Crippen LogP contribution in [0.3, 0.4) is 0 Å². The average molecular weight is 302 g/mol. The summed E-state index contributed by atoms with van der Waals surface area (Å²) >= 11 is 2.21. The van der Waals surface area contributed by atoms with Crippen molar-refractivity contribution in [1.29, 1.82) is 0 Å². The first-order chi connectivity index (χ1) is 6.61. The summed E-state index contributed by atoms with van der Waals surface area (Å²) < 4.78 is 1.05. The van der Waals surface area contributed by atoms with Crippen LogP contribution in [-0.4, -0.2) is 5.78 Å². The fourth-order valence-corrected chi connectivity index (χ4v) is 1.93. The third kappa shape index (κ3) is 3.40. The van der Waals surface area contributed by atoms with Gasteiger partial charge in [-0.15, -0.1) is 0 Å². The van der Waals surface area contributed by atoms with Crippen LogP contribution in [0.1, 0.15) is 37.0 Å². The third-order valence-electron chi connectivity index (χ3n) is 2.12. The molecule has 1 aromatic rings. The molecule has 0 saturated carbocycles. The lowest BCUT2D eigenvalue weighted by atomic mass is 10.0. The predicted molar refractivity (Wildman–Crippen MR) is 67.6 cm³/mol. The summed E-state index contributed by atoms with van der Waals surface area (Å²) in [4.78, 5) is 11.8. The van der Waals surface area contributed by atoms with Gasteiger partial charge in [0.15, 0.2) is 5.78 Å². The monoisotopic (exact) mass is 302 g/mol. The van der Waals surface area contributed by atoms with E-state index >= 15 is 0 Å². The van der Waals surface area contributed by atoms with Gasteiger partial charge in [0.1, 0.15) is 0 Å². The van der Waals surface area contributed by atoms with Gasteiger partial charge < -0.3 is 0 Å². The molecule has 14 heavy (non-hydrogen) atoms. The van der Waals surface area contributed by atoms with Gasteiger partial charge in [0, 0.05) is 15.6 Å². The Morgan fingerprint density at radius 1 is 1.36 bits per heavy atom. The minimum Gasteiger partial charge on any atom is -0.294 e. The minimum absolute atomic E-state index is 0.267. The van der Waals surface area contributed by atoms with Crippen molar-refractivity contribution in [3.8, 4) is 0 Å². The normalized spacial score (nSPS) is 10.6. The molecule has 76 valence electrons. The van der Waals surface area contributed by atoms with Crippen LogP contribution in [0.5, 0.6) is 0 Å². The van der Waals surface area contributed by atoms with Crippen molar-refractivity contribution in [3.05, 3.63) is 33.4 Å². The Bertz CT molecular complexity index is 318. The van der Waals surface area contributed by atoms with Gasteiger partial charge >= 0.3 is 0 Å². The van der Waals surface area contributed by atoms with Crippen LogP contribution in [0.15, 0.2) is 24.3 Å². The van der Waals surface area contributed by atoms with Gasteiger partial charge in [0.05, 0.1) is 0 Å². The Morgan fingerprint density at radius 2 is 2.00 bits per heavy atom. The Balaban J connectivity index is 2.65. The van der Waals surface area contributed by atoms with E-state index in [0.717, 1.165) is 15.6 Å². The van der Waals surface area contributed by atoms with Gasteiger partial charge in [-0.05, 0) is 41.0 Å². The number of carbonyl (C=O) groups excluding carboxylic acids is 1. The molecule has 0 saturated heterocycles. The first kappa shape index (κ1) is 11.7. The molecule has 0 unspecified atom stereocenters. The molecular weight excluding hydrogens is 287 g/mol. The Morgan fingerprint density at radius 3 is 2.57 bits per heavy atom. The van der Waals surface area contributed by atoms with E-state index in [1.165, 1.54) is 0 Å². The zero-order valence-corrected chi connectivity index (χ0v) is 10.7. The zero-order chi connectivity index (χ0) is 10.6.